The molecule has 0 saturated carbocycles. The van der Waals surface area contributed by atoms with Crippen molar-refractivity contribution in [2.24, 2.45) is 11.8 Å². The largest absolute Gasteiger partial charge is 0.393 e. The normalized spacial score (nSPS) is 23.1. The molecule has 3 N–H and O–H groups in total. The van der Waals surface area contributed by atoms with Gasteiger partial charge in [0.1, 0.15) is 6.29 Å². The molecule has 1 aliphatic heterocycles. The maximum atomic E-state index is 12.4. The smallest absolute Gasteiger partial charge is 0.224 e. The Labute approximate surface area is 127 Å². The molecule has 21 heavy (non-hydrogen) atoms. The van der Waals surface area contributed by atoms with Gasteiger partial charge in [0.2, 0.25) is 5.91 Å². The Morgan fingerprint density at radius 2 is 1.90 bits per heavy atom. The average Bonchev–Trinajstić information content (AvgIpc) is 2.45. The van der Waals surface area contributed by atoms with Crippen LogP contribution in [0.15, 0.2) is 0 Å². The van der Waals surface area contributed by atoms with Crippen molar-refractivity contribution in [3.63, 3.8) is 0 Å². The summed E-state index contributed by atoms with van der Waals surface area (Å²) in [4.78, 5) is 25.8. The van der Waals surface area contributed by atoms with Crippen molar-refractivity contribution in [2.75, 3.05) is 27.2 Å². The molecule has 0 aromatic rings. The first-order chi connectivity index (χ1) is 9.90. The number of carbonyl (C=O) groups excluding carboxylic acids is 2. The molecule has 0 bridgehead atoms. The van der Waals surface area contributed by atoms with Gasteiger partial charge in [-0.05, 0) is 47.0 Å². The molecule has 1 fully saturated rings. The minimum Gasteiger partial charge on any atom is -0.393 e. The number of amides is 1. The fourth-order valence-electron chi connectivity index (χ4n) is 2.92. The third-order valence-corrected chi connectivity index (χ3v) is 4.48. The molecule has 4 atom stereocenters. The van der Waals surface area contributed by atoms with Crippen molar-refractivity contribution in [3.05, 3.63) is 0 Å². The van der Waals surface area contributed by atoms with Crippen molar-refractivity contribution in [1.29, 1.82) is 0 Å². The number of piperidine rings is 1. The van der Waals surface area contributed by atoms with Gasteiger partial charge in [-0.1, -0.05) is 6.92 Å². The van der Waals surface area contributed by atoms with Crippen LogP contribution in [0.4, 0.5) is 0 Å². The zero-order chi connectivity index (χ0) is 16.0. The first-order valence-electron chi connectivity index (χ1n) is 7.70. The summed E-state index contributed by atoms with van der Waals surface area (Å²) in [5, 5.41) is 15.8. The lowest BCUT2D eigenvalue weighted by atomic mass is 9.86. The third-order valence-electron chi connectivity index (χ3n) is 4.48. The number of carbonyl (C=O) groups is 2. The van der Waals surface area contributed by atoms with Gasteiger partial charge in [0.15, 0.2) is 0 Å². The number of nitrogens with zero attached hydrogens (tertiary/aromatic N) is 1. The molecular formula is C15H29N3O3. The van der Waals surface area contributed by atoms with Gasteiger partial charge in [-0.2, -0.15) is 0 Å². The number of aliphatic hydroxyl groups excluding tert-OH is 1. The highest BCUT2D eigenvalue weighted by atomic mass is 16.3. The molecule has 1 unspecified atom stereocenters. The van der Waals surface area contributed by atoms with Crippen LogP contribution >= 0.6 is 0 Å². The summed E-state index contributed by atoms with van der Waals surface area (Å²) in [6.07, 6.45) is 1.85. The molecule has 1 aliphatic rings. The number of likely N-dealkylation sites (tertiary alicyclic amines) is 1. The average molecular weight is 299 g/mol. The molecule has 6 nitrogen and oxygen atoms in total. The van der Waals surface area contributed by atoms with Crippen LogP contribution in [0.5, 0.6) is 0 Å². The summed E-state index contributed by atoms with van der Waals surface area (Å²) in [5.41, 5.74) is 0. The molecule has 6 heteroatoms. The molecule has 1 heterocycles. The van der Waals surface area contributed by atoms with Gasteiger partial charge in [0, 0.05) is 12.1 Å². The number of aliphatic hydroxyl groups is 1. The molecule has 122 valence electrons. The Bertz CT molecular complexity index is 341. The molecule has 1 saturated heterocycles. The summed E-state index contributed by atoms with van der Waals surface area (Å²) in [7, 11) is 3.79. The van der Waals surface area contributed by atoms with E-state index in [0.717, 1.165) is 32.2 Å². The second-order valence-corrected chi connectivity index (χ2v) is 6.14. The zero-order valence-corrected chi connectivity index (χ0v) is 13.5. The van der Waals surface area contributed by atoms with Crippen LogP contribution in [0.25, 0.3) is 0 Å². The molecule has 0 spiro atoms. The summed E-state index contributed by atoms with van der Waals surface area (Å²) >= 11 is 0. The number of nitrogens with one attached hydrogen (secondary N) is 2. The molecule has 1 rings (SSSR count). The number of hydrogen-bond donors (Lipinski definition) is 3. The topological polar surface area (TPSA) is 81.7 Å². The van der Waals surface area contributed by atoms with Crippen LogP contribution in [-0.2, 0) is 9.59 Å². The van der Waals surface area contributed by atoms with Crippen molar-refractivity contribution in [2.45, 2.75) is 44.9 Å². The Balaban J connectivity index is 2.60. The van der Waals surface area contributed by atoms with Crippen molar-refractivity contribution >= 4 is 12.2 Å². The highest BCUT2D eigenvalue weighted by Gasteiger charge is 2.33. The van der Waals surface area contributed by atoms with Gasteiger partial charge >= 0.3 is 0 Å². The fourth-order valence-corrected chi connectivity index (χ4v) is 2.92. The summed E-state index contributed by atoms with van der Waals surface area (Å²) in [6.45, 7) is 5.34. The van der Waals surface area contributed by atoms with E-state index in [1.807, 2.05) is 0 Å². The zero-order valence-electron chi connectivity index (χ0n) is 13.5. The monoisotopic (exact) mass is 299 g/mol. The van der Waals surface area contributed by atoms with Gasteiger partial charge in [-0.15, -0.1) is 0 Å². The molecular weight excluding hydrogens is 270 g/mol. The van der Waals surface area contributed by atoms with E-state index in [1.165, 1.54) is 0 Å². The molecule has 0 aromatic carbocycles. The van der Waals surface area contributed by atoms with Gasteiger partial charge in [-0.3, -0.25) is 4.79 Å². The highest BCUT2D eigenvalue weighted by Crippen LogP contribution is 2.17. The van der Waals surface area contributed by atoms with Crippen LogP contribution in [0.3, 0.4) is 0 Å². The predicted octanol–water partition coefficient (Wildman–Crippen LogP) is -0.383. The second-order valence-electron chi connectivity index (χ2n) is 6.14. The van der Waals surface area contributed by atoms with E-state index in [9.17, 15) is 14.7 Å². The van der Waals surface area contributed by atoms with E-state index in [4.69, 9.17) is 0 Å². The SMILES string of the molecule is CN[C@@H](C(C=O)[C@@H](C)O)[C@@H](C)C(=O)NC1CCN(C)CC1. The van der Waals surface area contributed by atoms with Crippen LogP contribution < -0.4 is 10.6 Å². The van der Waals surface area contributed by atoms with Crippen molar-refractivity contribution in [1.82, 2.24) is 15.5 Å². The predicted molar refractivity (Wildman–Crippen MR) is 81.9 cm³/mol. The lowest BCUT2D eigenvalue weighted by Crippen LogP contribution is -2.52. The summed E-state index contributed by atoms with van der Waals surface area (Å²) in [5.74, 6) is -1.02. The van der Waals surface area contributed by atoms with E-state index in [0.29, 0.717) is 0 Å². The van der Waals surface area contributed by atoms with Gasteiger partial charge in [-0.25, -0.2) is 0 Å². The molecule has 0 aromatic heterocycles. The molecule has 1 amide bonds. The Kier molecular flexibility index (Phi) is 7.28. The minimum absolute atomic E-state index is 0.0589. The lowest BCUT2D eigenvalue weighted by Gasteiger charge is -2.33. The maximum Gasteiger partial charge on any atom is 0.224 e. The number of aldehydes is 1. The quantitative estimate of drug-likeness (QED) is 0.558. The van der Waals surface area contributed by atoms with Crippen molar-refractivity contribution < 1.29 is 14.7 Å². The standard InChI is InChI=1S/C15H29N3O3/c1-10(14(16-3)13(9-19)11(2)20)15(21)17-12-5-7-18(4)8-6-12/h9-14,16,20H,5-8H2,1-4H3,(H,17,21)/t10-,11-,13?,14-/m1/s1. The number of hydrogen-bond acceptors (Lipinski definition) is 5. The molecule has 0 aliphatic carbocycles. The van der Waals surface area contributed by atoms with Crippen LogP contribution in [-0.4, -0.2) is 67.6 Å². The summed E-state index contributed by atoms with van der Waals surface area (Å²) < 4.78 is 0. The van der Waals surface area contributed by atoms with Crippen LogP contribution in [0, 0.1) is 11.8 Å². The van der Waals surface area contributed by atoms with E-state index in [1.54, 1.807) is 20.9 Å². The Morgan fingerprint density at radius 3 is 2.33 bits per heavy atom. The highest BCUT2D eigenvalue weighted by molar-refractivity contribution is 5.80. The van der Waals surface area contributed by atoms with E-state index < -0.39 is 12.0 Å². The third kappa shape index (κ3) is 5.05. The van der Waals surface area contributed by atoms with E-state index in [2.05, 4.69) is 22.6 Å². The first kappa shape index (κ1) is 18.1. The van der Waals surface area contributed by atoms with Gasteiger partial charge in [0.05, 0.1) is 17.9 Å². The van der Waals surface area contributed by atoms with Crippen LogP contribution in [0.2, 0.25) is 0 Å². The van der Waals surface area contributed by atoms with E-state index >= 15 is 0 Å². The Morgan fingerprint density at radius 1 is 1.33 bits per heavy atom. The summed E-state index contributed by atoms with van der Waals surface area (Å²) in [6, 6.07) is -0.163. The second kappa shape index (κ2) is 8.46. The van der Waals surface area contributed by atoms with Crippen molar-refractivity contribution in [3.8, 4) is 0 Å². The Hall–Kier alpha value is -0.980. The number of rotatable bonds is 7. The lowest BCUT2D eigenvalue weighted by molar-refractivity contribution is -0.128. The first-order valence-corrected chi connectivity index (χ1v) is 7.70. The minimum atomic E-state index is -0.779. The van der Waals surface area contributed by atoms with Gasteiger partial charge < -0.3 is 25.4 Å². The maximum absolute atomic E-state index is 12.4. The van der Waals surface area contributed by atoms with Crippen LogP contribution in [0.1, 0.15) is 26.7 Å². The molecule has 0 radical (unpaired) electrons. The van der Waals surface area contributed by atoms with E-state index in [-0.39, 0.29) is 23.9 Å². The fraction of sp³-hybridized carbons (Fsp3) is 0.867. The van der Waals surface area contributed by atoms with Gasteiger partial charge in [0.25, 0.3) is 0 Å².